The molecule has 1 aliphatic heterocycles. The molecule has 21 heavy (non-hydrogen) atoms. The summed E-state index contributed by atoms with van der Waals surface area (Å²) in [4.78, 5) is 24.8. The lowest BCUT2D eigenvalue weighted by Gasteiger charge is -2.25. The molecule has 1 aliphatic rings. The van der Waals surface area contributed by atoms with E-state index in [1.54, 1.807) is 0 Å². The molecule has 0 spiro atoms. The first-order chi connectivity index (χ1) is 9.86. The van der Waals surface area contributed by atoms with E-state index in [9.17, 15) is 15.0 Å². The van der Waals surface area contributed by atoms with Crippen LogP contribution >= 0.6 is 0 Å². The quantitative estimate of drug-likeness (QED) is 0.355. The fourth-order valence-electron chi connectivity index (χ4n) is 2.48. The number of nitrogens with two attached hydrogens (primary N) is 1. The van der Waals surface area contributed by atoms with Gasteiger partial charge in [0.1, 0.15) is 24.1 Å². The Labute approximate surface area is 117 Å². The third kappa shape index (κ3) is 1.92. The predicted octanol–water partition coefficient (Wildman–Crippen LogP) is -2.44. The van der Waals surface area contributed by atoms with Crippen LogP contribution in [-0.4, -0.2) is 60.2 Å². The second-order valence-corrected chi connectivity index (χ2v) is 5.12. The first kappa shape index (κ1) is 13.9. The highest BCUT2D eigenvalue weighted by Crippen LogP contribution is 2.38. The lowest BCUT2D eigenvalue weighted by molar-refractivity contribution is -0.0903. The molecule has 0 amide bonds. The van der Waals surface area contributed by atoms with E-state index in [0.717, 1.165) is 0 Å². The number of aromatic amines is 2. The van der Waals surface area contributed by atoms with Gasteiger partial charge in [-0.1, -0.05) is 0 Å². The minimum Gasteiger partial charge on any atom is -0.394 e. The third-order valence-electron chi connectivity index (χ3n) is 3.69. The van der Waals surface area contributed by atoms with Crippen LogP contribution in [0.1, 0.15) is 12.7 Å². The van der Waals surface area contributed by atoms with Crippen molar-refractivity contribution < 1.29 is 20.1 Å². The Morgan fingerprint density at radius 2 is 2.10 bits per heavy atom. The van der Waals surface area contributed by atoms with Gasteiger partial charge in [-0.15, -0.1) is 0 Å². The Balaban J connectivity index is 2.12. The SMILES string of the molecule is CC1(c2nc3nc(N)[nH]c(=O)c3[nH]2)O[C@H](CO)[C@@H](O)[C@@H]1O. The number of nitrogens with zero attached hydrogens (tertiary/aromatic N) is 2. The van der Waals surface area contributed by atoms with Crippen LogP contribution in [0.2, 0.25) is 0 Å². The fraction of sp³-hybridized carbons (Fsp3) is 0.545. The van der Waals surface area contributed by atoms with Crippen LogP contribution in [0, 0.1) is 0 Å². The highest BCUT2D eigenvalue weighted by Gasteiger charge is 2.53. The van der Waals surface area contributed by atoms with Crippen LogP contribution in [0.15, 0.2) is 4.79 Å². The molecular weight excluding hydrogens is 282 g/mol. The Hall–Kier alpha value is -2.01. The van der Waals surface area contributed by atoms with Gasteiger partial charge in [0.25, 0.3) is 5.56 Å². The largest absolute Gasteiger partial charge is 0.394 e. The number of aliphatic hydroxyl groups excluding tert-OH is 3. The van der Waals surface area contributed by atoms with Crippen molar-refractivity contribution in [1.82, 2.24) is 19.9 Å². The standard InChI is InChI=1S/C11H15N5O5/c1-11(6(19)5(18)3(2-17)21-11)9-13-4-7(14-9)15-10(12)16-8(4)20/h3,5-6,17-19H,2H2,1H3,(H4,12,13,14,15,16,20)/t3-,5-,6+,11?/m1/s1. The highest BCUT2D eigenvalue weighted by molar-refractivity contribution is 5.70. The Morgan fingerprint density at radius 3 is 2.71 bits per heavy atom. The number of fused-ring (bicyclic) bond motifs is 1. The molecule has 7 N–H and O–H groups in total. The summed E-state index contributed by atoms with van der Waals surface area (Å²) >= 11 is 0. The molecule has 3 rings (SSSR count). The molecular formula is C11H15N5O5. The maximum absolute atomic E-state index is 11.8. The van der Waals surface area contributed by atoms with Gasteiger partial charge < -0.3 is 30.8 Å². The summed E-state index contributed by atoms with van der Waals surface area (Å²) in [7, 11) is 0. The summed E-state index contributed by atoms with van der Waals surface area (Å²) in [6, 6.07) is 0. The number of H-pyrrole nitrogens is 2. The summed E-state index contributed by atoms with van der Waals surface area (Å²) in [6.45, 7) is 1.03. The molecule has 114 valence electrons. The van der Waals surface area contributed by atoms with Crippen LogP contribution in [-0.2, 0) is 10.3 Å². The van der Waals surface area contributed by atoms with E-state index in [1.165, 1.54) is 6.92 Å². The normalized spacial score (nSPS) is 32.9. The smallest absolute Gasteiger partial charge is 0.278 e. The summed E-state index contributed by atoms with van der Waals surface area (Å²) in [5.74, 6) is 0.0282. The average molecular weight is 297 g/mol. The maximum Gasteiger partial charge on any atom is 0.278 e. The number of nitrogens with one attached hydrogen (secondary N) is 2. The molecule has 1 unspecified atom stereocenters. The third-order valence-corrected chi connectivity index (χ3v) is 3.69. The minimum absolute atomic E-state index is 0.0743. The molecule has 0 aliphatic carbocycles. The maximum atomic E-state index is 11.8. The van der Waals surface area contributed by atoms with Gasteiger partial charge in [0, 0.05) is 0 Å². The van der Waals surface area contributed by atoms with Gasteiger partial charge in [0.2, 0.25) is 5.95 Å². The number of imidazole rings is 1. The van der Waals surface area contributed by atoms with Crippen LogP contribution in [0.3, 0.4) is 0 Å². The van der Waals surface area contributed by atoms with Crippen LogP contribution in [0.4, 0.5) is 5.95 Å². The number of hydrogen-bond acceptors (Lipinski definition) is 8. The van der Waals surface area contributed by atoms with Gasteiger partial charge >= 0.3 is 0 Å². The fourth-order valence-corrected chi connectivity index (χ4v) is 2.48. The summed E-state index contributed by atoms with van der Waals surface area (Å²) in [6.07, 6.45) is -3.55. The van der Waals surface area contributed by atoms with E-state index in [-0.39, 0.29) is 22.9 Å². The number of rotatable bonds is 2. The van der Waals surface area contributed by atoms with Crippen molar-refractivity contribution in [3.63, 3.8) is 0 Å². The van der Waals surface area contributed by atoms with Gasteiger partial charge in [0.05, 0.1) is 6.61 Å². The van der Waals surface area contributed by atoms with Crippen molar-refractivity contribution >= 4 is 17.1 Å². The topological polar surface area (TPSA) is 170 Å². The second kappa shape index (κ2) is 4.49. The van der Waals surface area contributed by atoms with Gasteiger partial charge in [-0.25, -0.2) is 4.98 Å². The zero-order valence-corrected chi connectivity index (χ0v) is 11.1. The molecule has 2 aromatic heterocycles. The summed E-state index contributed by atoms with van der Waals surface area (Å²) < 4.78 is 5.49. The second-order valence-electron chi connectivity index (χ2n) is 5.12. The van der Waals surface area contributed by atoms with Crippen LogP contribution in [0.5, 0.6) is 0 Å². The summed E-state index contributed by atoms with van der Waals surface area (Å²) in [5.41, 5.74) is 3.68. The zero-order chi connectivity index (χ0) is 15.4. The van der Waals surface area contributed by atoms with Gasteiger partial charge in [-0.3, -0.25) is 9.78 Å². The van der Waals surface area contributed by atoms with Crippen molar-refractivity contribution in [3.05, 3.63) is 16.2 Å². The molecule has 0 bridgehead atoms. The van der Waals surface area contributed by atoms with E-state index in [0.29, 0.717) is 0 Å². The average Bonchev–Trinajstić information content (AvgIpc) is 2.95. The zero-order valence-electron chi connectivity index (χ0n) is 11.1. The van der Waals surface area contributed by atoms with Gasteiger partial charge in [-0.05, 0) is 6.92 Å². The van der Waals surface area contributed by atoms with Crippen molar-refractivity contribution in [1.29, 1.82) is 0 Å². The molecule has 10 heteroatoms. The molecule has 1 saturated heterocycles. The Morgan fingerprint density at radius 1 is 1.38 bits per heavy atom. The molecule has 0 saturated carbocycles. The van der Waals surface area contributed by atoms with E-state index < -0.39 is 36.1 Å². The van der Waals surface area contributed by atoms with E-state index in [2.05, 4.69) is 19.9 Å². The van der Waals surface area contributed by atoms with Gasteiger partial charge in [-0.2, -0.15) is 4.98 Å². The molecule has 4 atom stereocenters. The lowest BCUT2D eigenvalue weighted by Crippen LogP contribution is -2.39. The van der Waals surface area contributed by atoms with E-state index in [4.69, 9.17) is 15.6 Å². The monoisotopic (exact) mass is 297 g/mol. The number of hydrogen-bond donors (Lipinski definition) is 6. The first-order valence-electron chi connectivity index (χ1n) is 6.27. The predicted molar refractivity (Wildman–Crippen MR) is 70.2 cm³/mol. The van der Waals surface area contributed by atoms with Crippen molar-refractivity contribution in [3.8, 4) is 0 Å². The van der Waals surface area contributed by atoms with E-state index >= 15 is 0 Å². The summed E-state index contributed by atoms with van der Waals surface area (Å²) in [5, 5.41) is 29.1. The minimum atomic E-state index is -1.41. The molecule has 0 aromatic carbocycles. The van der Waals surface area contributed by atoms with E-state index in [1.807, 2.05) is 0 Å². The number of ether oxygens (including phenoxy) is 1. The van der Waals surface area contributed by atoms with Crippen molar-refractivity contribution in [2.75, 3.05) is 12.3 Å². The number of aliphatic hydroxyl groups is 3. The molecule has 1 fully saturated rings. The van der Waals surface area contributed by atoms with Crippen molar-refractivity contribution in [2.24, 2.45) is 0 Å². The molecule has 2 aromatic rings. The molecule has 0 radical (unpaired) electrons. The number of anilines is 1. The first-order valence-corrected chi connectivity index (χ1v) is 6.27. The molecule has 3 heterocycles. The Kier molecular flexibility index (Phi) is 2.99. The number of nitrogen functional groups attached to an aromatic ring is 1. The lowest BCUT2D eigenvalue weighted by atomic mass is 9.96. The highest BCUT2D eigenvalue weighted by atomic mass is 16.6. The Bertz CT molecular complexity index is 742. The van der Waals surface area contributed by atoms with Crippen molar-refractivity contribution in [2.45, 2.75) is 30.8 Å². The van der Waals surface area contributed by atoms with Gasteiger partial charge in [0.15, 0.2) is 16.8 Å². The van der Waals surface area contributed by atoms with Crippen LogP contribution < -0.4 is 11.3 Å². The molecule has 10 nitrogen and oxygen atoms in total. The van der Waals surface area contributed by atoms with Crippen LogP contribution in [0.25, 0.3) is 11.2 Å². The number of aromatic nitrogens is 4.